The zero-order chi connectivity index (χ0) is 11.8. The van der Waals surface area contributed by atoms with Crippen LogP contribution >= 0.6 is 0 Å². The Hall–Kier alpha value is -0.590. The normalized spacial score (nSPS) is 13.5. The van der Waals surface area contributed by atoms with Gasteiger partial charge in [-0.05, 0) is 33.1 Å². The molecule has 0 aromatic heterocycles. The fourth-order valence-electron chi connectivity index (χ4n) is 1.61. The van der Waals surface area contributed by atoms with Crippen LogP contribution in [-0.2, 0) is 4.84 Å². The fourth-order valence-corrected chi connectivity index (χ4v) is 1.61. The minimum Gasteiger partial charge on any atom is -0.296 e. The molecule has 3 heteroatoms. The molecular weight excluding hydrogens is 188 g/mol. The average molecular weight is 212 g/mol. The van der Waals surface area contributed by atoms with Crippen molar-refractivity contribution in [2.24, 2.45) is 5.92 Å². The SMILES string of the molecule is CC(C)CC(C)N(CCC#N)OC(C)C. The van der Waals surface area contributed by atoms with Gasteiger partial charge in [0.05, 0.1) is 18.6 Å². The van der Waals surface area contributed by atoms with Crippen molar-refractivity contribution >= 4 is 0 Å². The second-order valence-electron chi connectivity index (χ2n) is 4.68. The predicted molar refractivity (Wildman–Crippen MR) is 62.1 cm³/mol. The third-order valence-corrected chi connectivity index (χ3v) is 2.09. The molecule has 1 atom stereocenters. The van der Waals surface area contributed by atoms with E-state index in [1.807, 2.05) is 18.9 Å². The number of hydrogen-bond donors (Lipinski definition) is 0. The summed E-state index contributed by atoms with van der Waals surface area (Å²) in [6.45, 7) is 11.3. The summed E-state index contributed by atoms with van der Waals surface area (Å²) in [4.78, 5) is 5.70. The number of hydrogen-bond acceptors (Lipinski definition) is 3. The summed E-state index contributed by atoms with van der Waals surface area (Å²) < 4.78 is 0. The molecule has 0 radical (unpaired) electrons. The van der Waals surface area contributed by atoms with Gasteiger partial charge in [-0.3, -0.25) is 4.84 Å². The van der Waals surface area contributed by atoms with E-state index in [4.69, 9.17) is 10.1 Å². The Morgan fingerprint density at radius 3 is 2.20 bits per heavy atom. The lowest BCUT2D eigenvalue weighted by Gasteiger charge is -2.30. The Bertz CT molecular complexity index is 196. The molecule has 0 aliphatic heterocycles. The molecular formula is C12H24N2O. The Balaban J connectivity index is 4.14. The molecule has 1 unspecified atom stereocenters. The van der Waals surface area contributed by atoms with Crippen LogP contribution in [0.15, 0.2) is 0 Å². The van der Waals surface area contributed by atoms with Gasteiger partial charge in [-0.25, -0.2) is 0 Å². The van der Waals surface area contributed by atoms with E-state index < -0.39 is 0 Å². The first kappa shape index (κ1) is 14.4. The van der Waals surface area contributed by atoms with Gasteiger partial charge in [0.25, 0.3) is 0 Å². The highest BCUT2D eigenvalue weighted by atomic mass is 16.7. The third kappa shape index (κ3) is 7.35. The molecule has 0 rings (SSSR count). The smallest absolute Gasteiger partial charge is 0.0737 e. The maximum Gasteiger partial charge on any atom is 0.0737 e. The second-order valence-corrected chi connectivity index (χ2v) is 4.68. The zero-order valence-corrected chi connectivity index (χ0v) is 10.7. The molecule has 15 heavy (non-hydrogen) atoms. The quantitative estimate of drug-likeness (QED) is 0.609. The molecule has 0 saturated carbocycles. The molecule has 0 saturated heterocycles. The molecule has 0 aliphatic rings. The molecule has 0 aliphatic carbocycles. The predicted octanol–water partition coefficient (Wildman–Crippen LogP) is 2.98. The summed E-state index contributed by atoms with van der Waals surface area (Å²) in [5, 5.41) is 10.5. The highest BCUT2D eigenvalue weighted by Crippen LogP contribution is 2.13. The highest BCUT2D eigenvalue weighted by molar-refractivity contribution is 4.72. The Labute approximate surface area is 94.0 Å². The largest absolute Gasteiger partial charge is 0.296 e. The van der Waals surface area contributed by atoms with E-state index in [-0.39, 0.29) is 6.10 Å². The Morgan fingerprint density at radius 2 is 1.80 bits per heavy atom. The molecule has 0 amide bonds. The van der Waals surface area contributed by atoms with Gasteiger partial charge >= 0.3 is 0 Å². The fraction of sp³-hybridized carbons (Fsp3) is 0.917. The maximum absolute atomic E-state index is 8.58. The first-order chi connectivity index (χ1) is 6.97. The second kappa shape index (κ2) is 7.67. The molecule has 0 aromatic carbocycles. The molecule has 3 nitrogen and oxygen atoms in total. The summed E-state index contributed by atoms with van der Waals surface area (Å²) in [5.74, 6) is 0.653. The van der Waals surface area contributed by atoms with Crippen LogP contribution in [-0.4, -0.2) is 23.8 Å². The van der Waals surface area contributed by atoms with Crippen molar-refractivity contribution in [1.29, 1.82) is 5.26 Å². The van der Waals surface area contributed by atoms with E-state index in [1.165, 1.54) is 0 Å². The third-order valence-electron chi connectivity index (χ3n) is 2.09. The van der Waals surface area contributed by atoms with Gasteiger partial charge in [0.15, 0.2) is 0 Å². The monoisotopic (exact) mass is 212 g/mol. The summed E-state index contributed by atoms with van der Waals surface area (Å²) in [7, 11) is 0. The topological polar surface area (TPSA) is 36.3 Å². The van der Waals surface area contributed by atoms with Gasteiger partial charge in [-0.2, -0.15) is 10.3 Å². The molecule has 0 fully saturated rings. The minimum atomic E-state index is 0.179. The van der Waals surface area contributed by atoms with Crippen molar-refractivity contribution in [3.05, 3.63) is 0 Å². The van der Waals surface area contributed by atoms with Crippen LogP contribution in [0.1, 0.15) is 47.5 Å². The van der Waals surface area contributed by atoms with Crippen LogP contribution in [0.25, 0.3) is 0 Å². The standard InChI is InChI=1S/C12H24N2O/c1-10(2)9-12(5)14(8-6-7-13)15-11(3)4/h10-12H,6,8-9H2,1-5H3. The lowest BCUT2D eigenvalue weighted by molar-refractivity contribution is -0.210. The van der Waals surface area contributed by atoms with Crippen molar-refractivity contribution in [1.82, 2.24) is 5.06 Å². The Morgan fingerprint density at radius 1 is 1.20 bits per heavy atom. The molecule has 0 heterocycles. The van der Waals surface area contributed by atoms with Crippen molar-refractivity contribution in [2.75, 3.05) is 6.54 Å². The van der Waals surface area contributed by atoms with Crippen LogP contribution < -0.4 is 0 Å². The number of nitrogens with zero attached hydrogens (tertiary/aromatic N) is 2. The summed E-state index contributed by atoms with van der Waals surface area (Å²) >= 11 is 0. The van der Waals surface area contributed by atoms with Crippen LogP contribution in [0.5, 0.6) is 0 Å². The van der Waals surface area contributed by atoms with Gasteiger partial charge in [0, 0.05) is 12.6 Å². The van der Waals surface area contributed by atoms with Gasteiger partial charge in [-0.15, -0.1) is 0 Å². The molecule has 0 aromatic rings. The van der Waals surface area contributed by atoms with E-state index in [9.17, 15) is 0 Å². The van der Waals surface area contributed by atoms with Crippen molar-refractivity contribution in [2.45, 2.75) is 59.6 Å². The number of nitriles is 1. The van der Waals surface area contributed by atoms with E-state index in [1.54, 1.807) is 0 Å². The molecule has 0 N–H and O–H groups in total. The number of hydroxylamine groups is 2. The van der Waals surface area contributed by atoms with E-state index in [2.05, 4.69) is 26.8 Å². The van der Waals surface area contributed by atoms with Crippen LogP contribution in [0.4, 0.5) is 0 Å². The van der Waals surface area contributed by atoms with E-state index >= 15 is 0 Å². The van der Waals surface area contributed by atoms with E-state index in [0.717, 1.165) is 6.42 Å². The molecule has 0 spiro atoms. The van der Waals surface area contributed by atoms with Crippen LogP contribution in [0.2, 0.25) is 0 Å². The van der Waals surface area contributed by atoms with Gasteiger partial charge < -0.3 is 0 Å². The first-order valence-electron chi connectivity index (χ1n) is 5.77. The van der Waals surface area contributed by atoms with Gasteiger partial charge in [-0.1, -0.05) is 13.8 Å². The van der Waals surface area contributed by atoms with Gasteiger partial charge in [0.1, 0.15) is 0 Å². The van der Waals surface area contributed by atoms with Crippen LogP contribution in [0.3, 0.4) is 0 Å². The minimum absolute atomic E-state index is 0.179. The Kier molecular flexibility index (Phi) is 7.37. The maximum atomic E-state index is 8.58. The van der Waals surface area contributed by atoms with Crippen LogP contribution in [0, 0.1) is 17.2 Å². The number of rotatable bonds is 7. The zero-order valence-electron chi connectivity index (χ0n) is 10.7. The molecule has 0 bridgehead atoms. The summed E-state index contributed by atoms with van der Waals surface area (Å²) in [5.41, 5.74) is 0. The summed E-state index contributed by atoms with van der Waals surface area (Å²) in [6.07, 6.45) is 1.80. The lowest BCUT2D eigenvalue weighted by Crippen LogP contribution is -2.37. The summed E-state index contributed by atoms with van der Waals surface area (Å²) in [6, 6.07) is 2.53. The highest BCUT2D eigenvalue weighted by Gasteiger charge is 2.16. The van der Waals surface area contributed by atoms with E-state index in [0.29, 0.717) is 24.9 Å². The van der Waals surface area contributed by atoms with Crippen molar-refractivity contribution in [3.63, 3.8) is 0 Å². The average Bonchev–Trinajstić information content (AvgIpc) is 2.10. The van der Waals surface area contributed by atoms with Crippen molar-refractivity contribution in [3.8, 4) is 6.07 Å². The first-order valence-corrected chi connectivity index (χ1v) is 5.77. The van der Waals surface area contributed by atoms with Gasteiger partial charge in [0.2, 0.25) is 0 Å². The van der Waals surface area contributed by atoms with Crippen molar-refractivity contribution < 1.29 is 4.84 Å². The molecule has 88 valence electrons. The lowest BCUT2D eigenvalue weighted by atomic mass is 10.1.